The highest BCUT2D eigenvalue weighted by molar-refractivity contribution is 9.10. The van der Waals surface area contributed by atoms with Crippen LogP contribution in [0.15, 0.2) is 29.0 Å². The Morgan fingerprint density at radius 1 is 1.07 bits per heavy atom. The minimum Gasteiger partial charge on any atom is -0.383 e. The minimum absolute atomic E-state index is 0.517. The normalized spacial score (nSPS) is 14.4. The fourth-order valence-corrected chi connectivity index (χ4v) is 3.98. The van der Waals surface area contributed by atoms with Gasteiger partial charge in [-0.1, -0.05) is 12.8 Å². The largest absolute Gasteiger partial charge is 0.383 e. The summed E-state index contributed by atoms with van der Waals surface area (Å²) in [6.07, 6.45) is 8.62. The molecule has 2 aromatic rings. The standard InChI is InChI=1S/C20H28BrN5O2/c1-27-11-9-26(10-12-28-2)16-7-8-18(22-13-16)24-20-23-14-17(21)19(25-20)15-5-3-4-6-15/h7-8,13-15H,3-6,9-12H2,1-2H3,(H,22,23,24,25). The first kappa shape index (κ1) is 21.0. The van der Waals surface area contributed by atoms with Crippen LogP contribution in [0.25, 0.3) is 0 Å². The van der Waals surface area contributed by atoms with E-state index >= 15 is 0 Å². The molecule has 1 N–H and O–H groups in total. The zero-order chi connectivity index (χ0) is 19.8. The van der Waals surface area contributed by atoms with E-state index in [2.05, 4.69) is 36.1 Å². The molecule has 0 spiro atoms. The van der Waals surface area contributed by atoms with E-state index in [0.717, 1.165) is 34.8 Å². The van der Waals surface area contributed by atoms with E-state index in [0.29, 0.717) is 25.1 Å². The Morgan fingerprint density at radius 2 is 1.79 bits per heavy atom. The van der Waals surface area contributed by atoms with E-state index in [-0.39, 0.29) is 0 Å². The fraction of sp³-hybridized carbons (Fsp3) is 0.550. The van der Waals surface area contributed by atoms with Crippen molar-refractivity contribution in [3.05, 3.63) is 34.7 Å². The third-order valence-electron chi connectivity index (χ3n) is 5.00. The van der Waals surface area contributed by atoms with Gasteiger partial charge in [0.2, 0.25) is 5.95 Å². The van der Waals surface area contributed by atoms with Gasteiger partial charge in [-0.3, -0.25) is 0 Å². The molecule has 7 nitrogen and oxygen atoms in total. The minimum atomic E-state index is 0.517. The highest BCUT2D eigenvalue weighted by atomic mass is 79.9. The van der Waals surface area contributed by atoms with Gasteiger partial charge in [0.1, 0.15) is 5.82 Å². The van der Waals surface area contributed by atoms with Gasteiger partial charge in [0.15, 0.2) is 0 Å². The van der Waals surface area contributed by atoms with Crippen LogP contribution < -0.4 is 10.2 Å². The second-order valence-electron chi connectivity index (χ2n) is 6.91. The fourth-order valence-electron chi connectivity index (χ4n) is 3.46. The lowest BCUT2D eigenvalue weighted by Gasteiger charge is -2.24. The molecule has 3 rings (SSSR count). The molecule has 0 radical (unpaired) electrons. The van der Waals surface area contributed by atoms with Gasteiger partial charge < -0.3 is 19.7 Å². The molecule has 2 heterocycles. The molecular formula is C20H28BrN5O2. The van der Waals surface area contributed by atoms with Crippen molar-refractivity contribution < 1.29 is 9.47 Å². The number of anilines is 3. The van der Waals surface area contributed by atoms with Crippen LogP contribution in [0.5, 0.6) is 0 Å². The molecule has 2 aromatic heterocycles. The Kier molecular flexibility index (Phi) is 8.00. The number of nitrogens with zero attached hydrogens (tertiary/aromatic N) is 4. The van der Waals surface area contributed by atoms with Crippen molar-refractivity contribution in [3.63, 3.8) is 0 Å². The third kappa shape index (κ3) is 5.62. The Balaban J connectivity index is 1.68. The number of rotatable bonds is 10. The SMILES string of the molecule is COCCN(CCOC)c1ccc(Nc2ncc(Br)c(C3CCCC3)n2)nc1. The first-order valence-corrected chi connectivity index (χ1v) is 10.5. The summed E-state index contributed by atoms with van der Waals surface area (Å²) in [6, 6.07) is 3.99. The summed E-state index contributed by atoms with van der Waals surface area (Å²) >= 11 is 3.60. The second-order valence-corrected chi connectivity index (χ2v) is 7.76. The number of hydrogen-bond acceptors (Lipinski definition) is 7. The molecule has 152 valence electrons. The molecule has 1 fully saturated rings. The maximum Gasteiger partial charge on any atom is 0.228 e. The summed E-state index contributed by atoms with van der Waals surface area (Å²) in [7, 11) is 3.41. The van der Waals surface area contributed by atoms with E-state index in [1.807, 2.05) is 24.5 Å². The molecular weight excluding hydrogens is 422 g/mol. The Morgan fingerprint density at radius 3 is 2.39 bits per heavy atom. The highest BCUT2D eigenvalue weighted by Crippen LogP contribution is 2.36. The Hall–Kier alpha value is -1.77. The number of pyridine rings is 1. The van der Waals surface area contributed by atoms with Gasteiger partial charge in [0, 0.05) is 39.4 Å². The van der Waals surface area contributed by atoms with Gasteiger partial charge >= 0.3 is 0 Å². The van der Waals surface area contributed by atoms with Gasteiger partial charge in [0.25, 0.3) is 0 Å². The van der Waals surface area contributed by atoms with Crippen molar-refractivity contribution in [1.29, 1.82) is 0 Å². The monoisotopic (exact) mass is 449 g/mol. The predicted octanol–water partition coefficient (Wildman–Crippen LogP) is 4.13. The maximum atomic E-state index is 5.20. The van der Waals surface area contributed by atoms with Crippen molar-refractivity contribution in [1.82, 2.24) is 15.0 Å². The van der Waals surface area contributed by atoms with Gasteiger partial charge in [-0.25, -0.2) is 15.0 Å². The van der Waals surface area contributed by atoms with Crippen LogP contribution in [0.4, 0.5) is 17.5 Å². The van der Waals surface area contributed by atoms with Crippen LogP contribution in [0, 0.1) is 0 Å². The Bertz CT molecular complexity index is 730. The van der Waals surface area contributed by atoms with Gasteiger partial charge in [-0.05, 0) is 40.9 Å². The van der Waals surface area contributed by atoms with Gasteiger partial charge in [0.05, 0.1) is 35.3 Å². The first-order valence-electron chi connectivity index (χ1n) is 9.69. The molecule has 0 atom stereocenters. The number of hydrogen-bond donors (Lipinski definition) is 1. The van der Waals surface area contributed by atoms with E-state index in [1.54, 1.807) is 14.2 Å². The molecule has 0 saturated heterocycles. The van der Waals surface area contributed by atoms with Crippen molar-refractivity contribution in [2.45, 2.75) is 31.6 Å². The molecule has 0 amide bonds. The molecule has 1 aliphatic rings. The first-order chi connectivity index (χ1) is 13.7. The average Bonchev–Trinajstić information content (AvgIpc) is 3.25. The summed E-state index contributed by atoms with van der Waals surface area (Å²) < 4.78 is 11.4. The molecule has 0 unspecified atom stereocenters. The number of halogens is 1. The molecule has 0 aromatic carbocycles. The number of nitrogens with one attached hydrogen (secondary N) is 1. The quantitative estimate of drug-likeness (QED) is 0.584. The molecule has 28 heavy (non-hydrogen) atoms. The third-order valence-corrected chi connectivity index (χ3v) is 5.61. The van der Waals surface area contributed by atoms with Crippen molar-refractivity contribution in [3.8, 4) is 0 Å². The number of aromatic nitrogens is 3. The van der Waals surface area contributed by atoms with Crippen molar-refractivity contribution in [2.75, 3.05) is 50.7 Å². The molecule has 8 heteroatoms. The summed E-state index contributed by atoms with van der Waals surface area (Å²) in [5.41, 5.74) is 2.12. The zero-order valence-electron chi connectivity index (χ0n) is 16.5. The highest BCUT2D eigenvalue weighted by Gasteiger charge is 2.21. The predicted molar refractivity (Wildman–Crippen MR) is 114 cm³/mol. The van der Waals surface area contributed by atoms with E-state index in [9.17, 15) is 0 Å². The molecule has 1 saturated carbocycles. The lowest BCUT2D eigenvalue weighted by atomic mass is 10.0. The van der Waals surface area contributed by atoms with Gasteiger partial charge in [-0.15, -0.1) is 0 Å². The number of methoxy groups -OCH3 is 2. The van der Waals surface area contributed by atoms with Crippen LogP contribution in [-0.2, 0) is 9.47 Å². The topological polar surface area (TPSA) is 72.4 Å². The van der Waals surface area contributed by atoms with E-state index in [1.165, 1.54) is 25.7 Å². The second kappa shape index (κ2) is 10.7. The summed E-state index contributed by atoms with van der Waals surface area (Å²) in [5, 5.41) is 3.23. The average molecular weight is 450 g/mol. The molecule has 0 aliphatic heterocycles. The van der Waals surface area contributed by atoms with Crippen LogP contribution in [0.3, 0.4) is 0 Å². The zero-order valence-corrected chi connectivity index (χ0v) is 18.1. The van der Waals surface area contributed by atoms with Crippen molar-refractivity contribution >= 4 is 33.4 Å². The Labute approximate surface area is 175 Å². The molecule has 1 aliphatic carbocycles. The van der Waals surface area contributed by atoms with E-state index < -0.39 is 0 Å². The summed E-state index contributed by atoms with van der Waals surface area (Å²) in [6.45, 7) is 2.88. The maximum absolute atomic E-state index is 5.20. The summed E-state index contributed by atoms with van der Waals surface area (Å²) in [5.74, 6) is 1.83. The smallest absolute Gasteiger partial charge is 0.228 e. The number of ether oxygens (including phenoxy) is 2. The summed E-state index contributed by atoms with van der Waals surface area (Å²) in [4.78, 5) is 15.9. The van der Waals surface area contributed by atoms with Crippen molar-refractivity contribution in [2.24, 2.45) is 0 Å². The molecule has 0 bridgehead atoms. The van der Waals surface area contributed by atoms with E-state index in [4.69, 9.17) is 14.5 Å². The van der Waals surface area contributed by atoms with Crippen LogP contribution in [0.1, 0.15) is 37.3 Å². The lowest BCUT2D eigenvalue weighted by molar-refractivity contribution is 0.190. The van der Waals surface area contributed by atoms with Gasteiger partial charge in [-0.2, -0.15) is 0 Å². The lowest BCUT2D eigenvalue weighted by Crippen LogP contribution is -2.30. The van der Waals surface area contributed by atoms with Crippen LogP contribution in [-0.4, -0.2) is 55.5 Å². The van der Waals surface area contributed by atoms with Crippen LogP contribution >= 0.6 is 15.9 Å². The van der Waals surface area contributed by atoms with Crippen LogP contribution in [0.2, 0.25) is 0 Å².